The molecule has 0 bridgehead atoms. The zero-order valence-corrected chi connectivity index (χ0v) is 15.4. The number of benzene rings is 1. The third-order valence-electron chi connectivity index (χ3n) is 4.34. The number of aliphatic carboxylic acids is 2. The summed E-state index contributed by atoms with van der Waals surface area (Å²) in [5.74, 6) is -3.09. The number of halogens is 1. The second kappa shape index (κ2) is 7.84. The third kappa shape index (κ3) is 3.62. The molecule has 134 valence electrons. The molecule has 0 amide bonds. The number of carboxylic acid groups (broad SMARTS) is 2. The molecule has 0 aromatic heterocycles. The molecule has 2 atom stereocenters. The standard InChI is InChI=1S/C18H19BrO6/c1-11-15(16(20)21)13(25-9-12-6-4-3-5-7-12)8-14(19)18(11,10-24-2)17(22)23/h3-8,11H,9-10H2,1-2H3,(H,20,21)(H,22,23). The van der Waals surface area contributed by atoms with E-state index < -0.39 is 23.3 Å². The van der Waals surface area contributed by atoms with Gasteiger partial charge < -0.3 is 19.7 Å². The van der Waals surface area contributed by atoms with Crippen LogP contribution in [0.1, 0.15) is 12.5 Å². The number of methoxy groups -OCH3 is 1. The SMILES string of the molecule is COCC1(C(=O)O)C(Br)=CC(OCc2ccccc2)=C(C(=O)O)C1C. The summed E-state index contributed by atoms with van der Waals surface area (Å²) >= 11 is 3.29. The van der Waals surface area contributed by atoms with Gasteiger partial charge in [-0.2, -0.15) is 0 Å². The smallest absolute Gasteiger partial charge is 0.335 e. The van der Waals surface area contributed by atoms with E-state index in [2.05, 4.69) is 15.9 Å². The lowest BCUT2D eigenvalue weighted by atomic mass is 9.70. The van der Waals surface area contributed by atoms with Gasteiger partial charge in [-0.05, 0) is 11.6 Å². The predicted octanol–water partition coefficient (Wildman–Crippen LogP) is 3.19. The van der Waals surface area contributed by atoms with Gasteiger partial charge in [-0.1, -0.05) is 53.2 Å². The molecular weight excluding hydrogens is 392 g/mol. The molecule has 7 heteroatoms. The highest BCUT2D eigenvalue weighted by Crippen LogP contribution is 2.48. The van der Waals surface area contributed by atoms with Crippen molar-refractivity contribution in [2.45, 2.75) is 13.5 Å². The van der Waals surface area contributed by atoms with Crippen molar-refractivity contribution in [3.63, 3.8) is 0 Å². The van der Waals surface area contributed by atoms with Crippen LogP contribution in [-0.4, -0.2) is 35.9 Å². The molecule has 0 heterocycles. The summed E-state index contributed by atoms with van der Waals surface area (Å²) in [6.07, 6.45) is 1.42. The molecule has 0 spiro atoms. The van der Waals surface area contributed by atoms with Crippen molar-refractivity contribution in [2.75, 3.05) is 13.7 Å². The Bertz CT molecular complexity index is 724. The summed E-state index contributed by atoms with van der Waals surface area (Å²) in [4.78, 5) is 23.7. The van der Waals surface area contributed by atoms with Gasteiger partial charge in [-0.3, -0.25) is 4.79 Å². The second-order valence-electron chi connectivity index (χ2n) is 5.78. The van der Waals surface area contributed by atoms with Gasteiger partial charge in [0.1, 0.15) is 17.8 Å². The van der Waals surface area contributed by atoms with Crippen LogP contribution in [0.15, 0.2) is 52.2 Å². The normalized spacial score (nSPS) is 23.2. The molecule has 0 saturated heterocycles. The van der Waals surface area contributed by atoms with Crippen LogP contribution in [0.5, 0.6) is 0 Å². The lowest BCUT2D eigenvalue weighted by molar-refractivity contribution is -0.152. The van der Waals surface area contributed by atoms with Gasteiger partial charge in [-0.25, -0.2) is 4.79 Å². The van der Waals surface area contributed by atoms with E-state index in [4.69, 9.17) is 9.47 Å². The van der Waals surface area contributed by atoms with Crippen LogP contribution in [0.25, 0.3) is 0 Å². The van der Waals surface area contributed by atoms with Gasteiger partial charge in [0, 0.05) is 17.5 Å². The number of rotatable bonds is 7. The Labute approximate surface area is 153 Å². The Hall–Kier alpha value is -2.12. The zero-order valence-electron chi connectivity index (χ0n) is 13.9. The van der Waals surface area contributed by atoms with Crippen molar-refractivity contribution >= 4 is 27.9 Å². The first kappa shape index (κ1) is 19.2. The minimum absolute atomic E-state index is 0.0846. The van der Waals surface area contributed by atoms with E-state index in [-0.39, 0.29) is 24.5 Å². The summed E-state index contributed by atoms with van der Waals surface area (Å²) in [5, 5.41) is 19.4. The number of carboxylic acids is 2. The Kier molecular flexibility index (Phi) is 6.02. The van der Waals surface area contributed by atoms with Crippen molar-refractivity contribution in [3.05, 3.63) is 57.8 Å². The van der Waals surface area contributed by atoms with Gasteiger partial charge in [0.15, 0.2) is 0 Å². The quantitative estimate of drug-likeness (QED) is 0.716. The van der Waals surface area contributed by atoms with Crippen LogP contribution in [0.2, 0.25) is 0 Å². The molecule has 0 saturated carbocycles. The second-order valence-corrected chi connectivity index (χ2v) is 6.64. The highest BCUT2D eigenvalue weighted by Gasteiger charge is 2.52. The fourth-order valence-corrected chi connectivity index (χ4v) is 3.74. The van der Waals surface area contributed by atoms with Crippen molar-refractivity contribution in [1.82, 2.24) is 0 Å². The minimum Gasteiger partial charge on any atom is -0.488 e. The van der Waals surface area contributed by atoms with Gasteiger partial charge in [0.2, 0.25) is 0 Å². The molecule has 6 nitrogen and oxygen atoms in total. The number of ether oxygens (including phenoxy) is 2. The first-order chi connectivity index (χ1) is 11.8. The summed E-state index contributed by atoms with van der Waals surface area (Å²) < 4.78 is 11.1. The first-order valence-corrected chi connectivity index (χ1v) is 8.38. The third-order valence-corrected chi connectivity index (χ3v) is 5.28. The highest BCUT2D eigenvalue weighted by molar-refractivity contribution is 9.11. The number of hydrogen-bond donors (Lipinski definition) is 2. The van der Waals surface area contributed by atoms with Gasteiger partial charge in [-0.15, -0.1) is 0 Å². The molecule has 0 aliphatic heterocycles. The van der Waals surface area contributed by atoms with Crippen LogP contribution in [-0.2, 0) is 25.7 Å². The van der Waals surface area contributed by atoms with Crippen molar-refractivity contribution in [3.8, 4) is 0 Å². The summed E-state index contributed by atoms with van der Waals surface area (Å²) in [5.41, 5.74) is -0.718. The van der Waals surface area contributed by atoms with Crippen LogP contribution in [0.4, 0.5) is 0 Å². The molecule has 0 fully saturated rings. The number of allylic oxidation sites excluding steroid dienone is 1. The Morgan fingerprint density at radius 3 is 2.40 bits per heavy atom. The van der Waals surface area contributed by atoms with Crippen LogP contribution in [0.3, 0.4) is 0 Å². The molecule has 2 N–H and O–H groups in total. The maximum atomic E-state index is 11.9. The monoisotopic (exact) mass is 410 g/mol. The highest BCUT2D eigenvalue weighted by atomic mass is 79.9. The first-order valence-electron chi connectivity index (χ1n) is 7.58. The summed E-state index contributed by atoms with van der Waals surface area (Å²) in [7, 11) is 1.38. The largest absolute Gasteiger partial charge is 0.488 e. The van der Waals surface area contributed by atoms with Crippen LogP contribution >= 0.6 is 15.9 Å². The van der Waals surface area contributed by atoms with Crippen molar-refractivity contribution in [1.29, 1.82) is 0 Å². The topological polar surface area (TPSA) is 93.1 Å². The molecule has 1 aliphatic carbocycles. The van der Waals surface area contributed by atoms with Gasteiger partial charge >= 0.3 is 11.9 Å². The lowest BCUT2D eigenvalue weighted by Gasteiger charge is -2.38. The molecule has 1 aromatic carbocycles. The van der Waals surface area contributed by atoms with E-state index in [1.807, 2.05) is 30.3 Å². The molecule has 0 radical (unpaired) electrons. The minimum atomic E-state index is -1.51. The van der Waals surface area contributed by atoms with E-state index >= 15 is 0 Å². The van der Waals surface area contributed by atoms with Crippen molar-refractivity contribution < 1.29 is 29.3 Å². The zero-order chi connectivity index (χ0) is 18.6. The predicted molar refractivity (Wildman–Crippen MR) is 94.0 cm³/mol. The molecule has 1 aromatic rings. The number of hydrogen-bond acceptors (Lipinski definition) is 4. The number of carbonyl (C=O) groups is 2. The summed E-state index contributed by atoms with van der Waals surface area (Å²) in [6, 6.07) is 9.30. The van der Waals surface area contributed by atoms with E-state index in [1.165, 1.54) is 13.2 Å². The maximum absolute atomic E-state index is 11.9. The molecular formula is C18H19BrO6. The molecule has 2 unspecified atom stereocenters. The average Bonchev–Trinajstić information content (AvgIpc) is 2.56. The van der Waals surface area contributed by atoms with E-state index in [9.17, 15) is 19.8 Å². The lowest BCUT2D eigenvalue weighted by Crippen LogP contribution is -2.45. The van der Waals surface area contributed by atoms with Crippen molar-refractivity contribution in [2.24, 2.45) is 11.3 Å². The average molecular weight is 411 g/mol. The fraction of sp³-hybridized carbons (Fsp3) is 0.333. The van der Waals surface area contributed by atoms with Gasteiger partial charge in [0.05, 0.1) is 12.2 Å². The molecule has 2 rings (SSSR count). The van der Waals surface area contributed by atoms with Gasteiger partial charge in [0.25, 0.3) is 0 Å². The van der Waals surface area contributed by atoms with E-state index in [1.54, 1.807) is 6.92 Å². The Morgan fingerprint density at radius 2 is 1.88 bits per heavy atom. The van der Waals surface area contributed by atoms with Crippen LogP contribution in [0, 0.1) is 11.3 Å². The van der Waals surface area contributed by atoms with Crippen LogP contribution < -0.4 is 0 Å². The Morgan fingerprint density at radius 1 is 1.24 bits per heavy atom. The Balaban J connectivity index is 2.42. The molecule has 1 aliphatic rings. The molecule has 25 heavy (non-hydrogen) atoms. The maximum Gasteiger partial charge on any atom is 0.335 e. The summed E-state index contributed by atoms with van der Waals surface area (Å²) in [6.45, 7) is 1.57. The fourth-order valence-electron chi connectivity index (χ4n) is 2.90. The van der Waals surface area contributed by atoms with E-state index in [0.29, 0.717) is 4.48 Å². The van der Waals surface area contributed by atoms with E-state index in [0.717, 1.165) is 5.56 Å².